The summed E-state index contributed by atoms with van der Waals surface area (Å²) in [6.45, 7) is 10.7. The Morgan fingerprint density at radius 3 is 2.70 bits per heavy atom. The van der Waals surface area contributed by atoms with Crippen molar-refractivity contribution in [3.8, 4) is 0 Å². The molecule has 1 aliphatic heterocycles. The summed E-state index contributed by atoms with van der Waals surface area (Å²) in [6.07, 6.45) is 1.92. The van der Waals surface area contributed by atoms with E-state index in [1.807, 2.05) is 43.0 Å². The molecule has 2 aromatic carbocycles. The lowest BCUT2D eigenvalue weighted by molar-refractivity contribution is 0.0656. The Labute approximate surface area is 204 Å². The van der Waals surface area contributed by atoms with E-state index in [2.05, 4.69) is 27.2 Å². The van der Waals surface area contributed by atoms with Crippen LogP contribution in [0.15, 0.2) is 43.0 Å². The zero-order valence-electron chi connectivity index (χ0n) is 18.9. The Hall–Kier alpha value is -2.54. The first-order valence-corrected chi connectivity index (χ1v) is 12.0. The summed E-state index contributed by atoms with van der Waals surface area (Å²) in [4.78, 5) is 23.1. The summed E-state index contributed by atoms with van der Waals surface area (Å²) in [5.41, 5.74) is 3.79. The number of carbonyl (C=O) groups excluding carboxylic acids is 1. The molecule has 6 nitrogen and oxygen atoms in total. The van der Waals surface area contributed by atoms with Gasteiger partial charge < -0.3 is 20.5 Å². The number of carbonyl (C=O) groups is 1. The van der Waals surface area contributed by atoms with E-state index in [4.69, 9.17) is 23.2 Å². The zero-order chi connectivity index (χ0) is 23.5. The second kappa shape index (κ2) is 10.2. The molecule has 1 amide bonds. The van der Waals surface area contributed by atoms with Crippen LogP contribution in [-0.2, 0) is 0 Å². The van der Waals surface area contributed by atoms with E-state index in [1.165, 1.54) is 0 Å². The first-order chi connectivity index (χ1) is 15.9. The zero-order valence-corrected chi connectivity index (χ0v) is 20.4. The van der Waals surface area contributed by atoms with Gasteiger partial charge in [0.05, 0.1) is 27.7 Å². The predicted molar refractivity (Wildman–Crippen MR) is 136 cm³/mol. The molecule has 3 aromatic rings. The van der Waals surface area contributed by atoms with E-state index in [9.17, 15) is 4.79 Å². The molecule has 1 atom stereocenters. The standard InChI is InChI=1S/C25H29Cl2N5O/c1-4-32(19-9-11-28-12-10-19)25(33)20-7-5-17(13-21(20)27)15(2)29-16(3)24-30-22-8-6-18(26)14-23(22)31-24/h5-8,13-14,16,19,28-29H,2,4,9-12H2,1,3H3,(H,30,31). The van der Waals surface area contributed by atoms with Gasteiger partial charge in [0, 0.05) is 23.3 Å². The largest absolute Gasteiger partial charge is 0.375 e. The van der Waals surface area contributed by atoms with Crippen molar-refractivity contribution in [3.63, 3.8) is 0 Å². The van der Waals surface area contributed by atoms with Gasteiger partial charge in [0.15, 0.2) is 0 Å². The van der Waals surface area contributed by atoms with Gasteiger partial charge in [-0.3, -0.25) is 4.79 Å². The van der Waals surface area contributed by atoms with Crippen LogP contribution in [0.2, 0.25) is 10.0 Å². The smallest absolute Gasteiger partial charge is 0.255 e. The molecule has 0 aliphatic carbocycles. The lowest BCUT2D eigenvalue weighted by Gasteiger charge is -2.34. The number of nitrogens with zero attached hydrogens (tertiary/aromatic N) is 2. The number of hydrogen-bond donors (Lipinski definition) is 3. The molecular weight excluding hydrogens is 457 g/mol. The van der Waals surface area contributed by atoms with Crippen molar-refractivity contribution in [1.82, 2.24) is 25.5 Å². The van der Waals surface area contributed by atoms with Crippen LogP contribution < -0.4 is 10.6 Å². The molecule has 1 aliphatic rings. The molecule has 2 heterocycles. The van der Waals surface area contributed by atoms with Crippen LogP contribution in [0.5, 0.6) is 0 Å². The highest BCUT2D eigenvalue weighted by Crippen LogP contribution is 2.26. The summed E-state index contributed by atoms with van der Waals surface area (Å²) >= 11 is 12.6. The molecule has 1 unspecified atom stereocenters. The fourth-order valence-electron chi connectivity index (χ4n) is 4.33. The second-order valence-corrected chi connectivity index (χ2v) is 9.24. The SMILES string of the molecule is C=C(NC(C)c1nc2cc(Cl)ccc2[nH]1)c1ccc(C(=O)N(CC)C2CCNCC2)c(Cl)c1. The number of piperidine rings is 1. The molecule has 1 aromatic heterocycles. The van der Waals surface area contributed by atoms with E-state index in [1.54, 1.807) is 12.1 Å². The van der Waals surface area contributed by atoms with Crippen LogP contribution in [0, 0.1) is 0 Å². The maximum atomic E-state index is 13.2. The van der Waals surface area contributed by atoms with Crippen molar-refractivity contribution >= 4 is 45.8 Å². The van der Waals surface area contributed by atoms with Gasteiger partial charge in [0.2, 0.25) is 0 Å². The maximum absolute atomic E-state index is 13.2. The summed E-state index contributed by atoms with van der Waals surface area (Å²) in [5, 5.41) is 7.79. The van der Waals surface area contributed by atoms with Gasteiger partial charge in [0.25, 0.3) is 5.91 Å². The first kappa shape index (κ1) is 23.6. The number of hydrogen-bond acceptors (Lipinski definition) is 4. The molecule has 0 saturated carbocycles. The summed E-state index contributed by atoms with van der Waals surface area (Å²) in [6, 6.07) is 11.2. The Balaban J connectivity index is 1.47. The Bertz CT molecular complexity index is 1170. The minimum absolute atomic E-state index is 0.0196. The number of amides is 1. The number of imidazole rings is 1. The van der Waals surface area contributed by atoms with Gasteiger partial charge in [-0.25, -0.2) is 4.98 Å². The number of H-pyrrole nitrogens is 1. The third-order valence-electron chi connectivity index (χ3n) is 6.16. The summed E-state index contributed by atoms with van der Waals surface area (Å²) in [7, 11) is 0. The first-order valence-electron chi connectivity index (χ1n) is 11.3. The molecule has 8 heteroatoms. The van der Waals surface area contributed by atoms with Crippen LogP contribution in [0.4, 0.5) is 0 Å². The lowest BCUT2D eigenvalue weighted by Crippen LogP contribution is -2.46. The number of rotatable bonds is 7. The van der Waals surface area contributed by atoms with Gasteiger partial charge >= 0.3 is 0 Å². The fourth-order valence-corrected chi connectivity index (χ4v) is 4.76. The van der Waals surface area contributed by atoms with Crippen molar-refractivity contribution in [2.75, 3.05) is 19.6 Å². The fraction of sp³-hybridized carbons (Fsp3) is 0.360. The van der Waals surface area contributed by atoms with E-state index in [0.717, 1.165) is 48.4 Å². The summed E-state index contributed by atoms with van der Waals surface area (Å²) in [5.74, 6) is 0.765. The average molecular weight is 486 g/mol. The van der Waals surface area contributed by atoms with Crippen molar-refractivity contribution in [2.45, 2.75) is 38.8 Å². The van der Waals surface area contributed by atoms with Crippen molar-refractivity contribution in [3.05, 3.63) is 70.0 Å². The van der Waals surface area contributed by atoms with Crippen LogP contribution in [-0.4, -0.2) is 46.5 Å². The highest BCUT2D eigenvalue weighted by atomic mass is 35.5. The molecule has 1 saturated heterocycles. The highest BCUT2D eigenvalue weighted by Gasteiger charge is 2.26. The highest BCUT2D eigenvalue weighted by molar-refractivity contribution is 6.34. The number of benzene rings is 2. The Kier molecular flexibility index (Phi) is 7.27. The van der Waals surface area contributed by atoms with Gasteiger partial charge in [-0.15, -0.1) is 0 Å². The monoisotopic (exact) mass is 485 g/mol. The molecule has 174 valence electrons. The van der Waals surface area contributed by atoms with Crippen molar-refractivity contribution < 1.29 is 4.79 Å². The van der Waals surface area contributed by atoms with Gasteiger partial charge in [-0.2, -0.15) is 0 Å². The quantitative estimate of drug-likeness (QED) is 0.418. The van der Waals surface area contributed by atoms with Gasteiger partial charge in [-0.1, -0.05) is 35.8 Å². The predicted octanol–water partition coefficient (Wildman–Crippen LogP) is 5.41. The number of aromatic nitrogens is 2. The van der Waals surface area contributed by atoms with Crippen LogP contribution in [0.3, 0.4) is 0 Å². The minimum atomic E-state index is -0.112. The molecule has 33 heavy (non-hydrogen) atoms. The molecule has 0 bridgehead atoms. The Morgan fingerprint density at radius 1 is 1.24 bits per heavy atom. The normalized spacial score (nSPS) is 15.4. The van der Waals surface area contributed by atoms with Crippen LogP contribution >= 0.6 is 23.2 Å². The number of fused-ring (bicyclic) bond motifs is 1. The third-order valence-corrected chi connectivity index (χ3v) is 6.71. The average Bonchev–Trinajstić information content (AvgIpc) is 3.23. The molecule has 3 N–H and O–H groups in total. The third kappa shape index (κ3) is 5.18. The molecule has 0 spiro atoms. The maximum Gasteiger partial charge on any atom is 0.255 e. The van der Waals surface area contributed by atoms with E-state index < -0.39 is 0 Å². The molecule has 0 radical (unpaired) electrons. The molecule has 4 rings (SSSR count). The second-order valence-electron chi connectivity index (χ2n) is 8.40. The van der Waals surface area contributed by atoms with Crippen LogP contribution in [0.25, 0.3) is 16.7 Å². The van der Waals surface area contributed by atoms with E-state index in [0.29, 0.717) is 27.9 Å². The number of nitrogens with one attached hydrogen (secondary N) is 3. The topological polar surface area (TPSA) is 73.0 Å². The van der Waals surface area contributed by atoms with E-state index in [-0.39, 0.29) is 18.0 Å². The van der Waals surface area contributed by atoms with Crippen molar-refractivity contribution in [2.24, 2.45) is 0 Å². The summed E-state index contributed by atoms with van der Waals surface area (Å²) < 4.78 is 0. The lowest BCUT2D eigenvalue weighted by atomic mass is 10.0. The molecular formula is C25H29Cl2N5O. The van der Waals surface area contributed by atoms with Crippen LogP contribution in [0.1, 0.15) is 54.5 Å². The molecule has 1 fully saturated rings. The minimum Gasteiger partial charge on any atom is -0.375 e. The number of aromatic amines is 1. The van der Waals surface area contributed by atoms with Crippen molar-refractivity contribution in [1.29, 1.82) is 0 Å². The van der Waals surface area contributed by atoms with Gasteiger partial charge in [0.1, 0.15) is 5.82 Å². The number of halogens is 2. The Morgan fingerprint density at radius 2 is 2.00 bits per heavy atom. The van der Waals surface area contributed by atoms with E-state index >= 15 is 0 Å². The van der Waals surface area contributed by atoms with Gasteiger partial charge in [-0.05, 0) is 75.7 Å².